The van der Waals surface area contributed by atoms with Gasteiger partial charge in [-0.1, -0.05) is 39.7 Å². The van der Waals surface area contributed by atoms with Crippen LogP contribution in [0.25, 0.3) is 0 Å². The van der Waals surface area contributed by atoms with Gasteiger partial charge in [-0.2, -0.15) is 5.10 Å². The molecule has 0 aromatic heterocycles. The molecule has 1 aliphatic heterocycles. The van der Waals surface area contributed by atoms with Gasteiger partial charge < -0.3 is 5.11 Å². The average Bonchev–Trinajstić information content (AvgIpc) is 2.69. The quantitative estimate of drug-likeness (QED) is 0.429. The first-order valence-corrected chi connectivity index (χ1v) is 11.1. The first kappa shape index (κ1) is 22.2. The summed E-state index contributed by atoms with van der Waals surface area (Å²) in [5, 5.41) is 14.7. The van der Waals surface area contributed by atoms with Crippen LogP contribution >= 0.6 is 43.5 Å². The minimum Gasteiger partial charge on any atom is -0.506 e. The number of amides is 1. The number of piperazine rings is 1. The summed E-state index contributed by atoms with van der Waals surface area (Å²) in [5.41, 5.74) is 4.26. The van der Waals surface area contributed by atoms with E-state index in [0.717, 1.165) is 42.2 Å². The lowest BCUT2D eigenvalue weighted by molar-refractivity contribution is -0.122. The monoisotopic (exact) mass is 542 g/mol. The molecular formula is C20H21Br2ClN4O2. The topological polar surface area (TPSA) is 68.2 Å². The SMILES string of the molecule is O=C(CN1CCN(Cc2ccc(Cl)cc2)CC1)NN=Cc1cc(Br)cc(Br)c1O. The van der Waals surface area contributed by atoms with Crippen LogP contribution in [0.5, 0.6) is 5.75 Å². The zero-order valence-corrected chi connectivity index (χ0v) is 19.5. The Hall–Kier alpha value is -1.45. The maximum Gasteiger partial charge on any atom is 0.254 e. The van der Waals surface area contributed by atoms with Crippen molar-refractivity contribution in [2.24, 2.45) is 5.10 Å². The Morgan fingerprint density at radius 1 is 1.14 bits per heavy atom. The molecule has 0 spiro atoms. The van der Waals surface area contributed by atoms with Gasteiger partial charge in [0, 0.05) is 47.8 Å². The van der Waals surface area contributed by atoms with Gasteiger partial charge in [0.25, 0.3) is 5.91 Å². The van der Waals surface area contributed by atoms with Crippen LogP contribution < -0.4 is 5.43 Å². The molecule has 2 N–H and O–H groups in total. The van der Waals surface area contributed by atoms with Gasteiger partial charge in [0.15, 0.2) is 0 Å². The number of rotatable bonds is 6. The first-order valence-electron chi connectivity index (χ1n) is 9.10. The summed E-state index contributed by atoms with van der Waals surface area (Å²) >= 11 is 12.6. The van der Waals surface area contributed by atoms with E-state index in [1.165, 1.54) is 11.8 Å². The molecule has 1 fully saturated rings. The molecule has 29 heavy (non-hydrogen) atoms. The summed E-state index contributed by atoms with van der Waals surface area (Å²) in [6.45, 7) is 4.62. The lowest BCUT2D eigenvalue weighted by Gasteiger charge is -2.34. The van der Waals surface area contributed by atoms with E-state index < -0.39 is 0 Å². The maximum absolute atomic E-state index is 12.2. The van der Waals surface area contributed by atoms with Crippen molar-refractivity contribution in [2.45, 2.75) is 6.54 Å². The number of nitrogens with one attached hydrogen (secondary N) is 1. The van der Waals surface area contributed by atoms with Gasteiger partial charge in [-0.3, -0.25) is 14.6 Å². The zero-order chi connectivity index (χ0) is 20.8. The van der Waals surface area contributed by atoms with E-state index in [0.29, 0.717) is 16.6 Å². The number of benzene rings is 2. The van der Waals surface area contributed by atoms with E-state index in [-0.39, 0.29) is 11.7 Å². The summed E-state index contributed by atoms with van der Waals surface area (Å²) in [4.78, 5) is 16.6. The summed E-state index contributed by atoms with van der Waals surface area (Å²) in [7, 11) is 0. The number of carbonyl (C=O) groups excluding carboxylic acids is 1. The van der Waals surface area contributed by atoms with Crippen LogP contribution in [0.4, 0.5) is 0 Å². The summed E-state index contributed by atoms with van der Waals surface area (Å²) in [6.07, 6.45) is 1.42. The standard InChI is InChI=1S/C20H21Br2ClN4O2/c21-16-9-15(20(29)18(22)10-16)11-24-25-19(28)13-27-7-5-26(6-8-27)12-14-1-3-17(23)4-2-14/h1-4,9-11,29H,5-8,12-13H2,(H,25,28). The lowest BCUT2D eigenvalue weighted by Crippen LogP contribution is -2.48. The lowest BCUT2D eigenvalue weighted by atomic mass is 10.2. The van der Waals surface area contributed by atoms with Crippen LogP contribution in [-0.4, -0.2) is 59.8 Å². The molecule has 2 aromatic rings. The molecule has 1 aliphatic rings. The fourth-order valence-electron chi connectivity index (χ4n) is 3.05. The number of aromatic hydroxyl groups is 1. The second-order valence-corrected chi connectivity index (χ2v) is 9.00. The van der Waals surface area contributed by atoms with Crippen LogP contribution in [0.15, 0.2) is 50.4 Å². The van der Waals surface area contributed by atoms with Crippen molar-refractivity contribution in [3.63, 3.8) is 0 Å². The molecule has 1 saturated heterocycles. The molecule has 0 atom stereocenters. The number of phenols is 1. The highest BCUT2D eigenvalue weighted by atomic mass is 79.9. The highest BCUT2D eigenvalue weighted by Crippen LogP contribution is 2.30. The Morgan fingerprint density at radius 2 is 1.79 bits per heavy atom. The minimum absolute atomic E-state index is 0.0722. The number of hydrogen-bond donors (Lipinski definition) is 2. The Labute approximate surface area is 191 Å². The molecule has 154 valence electrons. The average molecular weight is 545 g/mol. The van der Waals surface area contributed by atoms with E-state index in [4.69, 9.17) is 11.6 Å². The third-order valence-corrected chi connectivity index (χ3v) is 5.92. The van der Waals surface area contributed by atoms with Crippen LogP contribution in [0, 0.1) is 0 Å². The third-order valence-electron chi connectivity index (χ3n) is 4.60. The Kier molecular flexibility index (Phi) is 8.08. The Balaban J connectivity index is 1.42. The number of hydrogen-bond acceptors (Lipinski definition) is 5. The second-order valence-electron chi connectivity index (χ2n) is 6.80. The van der Waals surface area contributed by atoms with Crippen molar-refractivity contribution < 1.29 is 9.90 Å². The minimum atomic E-state index is -0.180. The molecule has 3 rings (SSSR count). The van der Waals surface area contributed by atoms with Gasteiger partial charge in [0.1, 0.15) is 5.75 Å². The van der Waals surface area contributed by atoms with Gasteiger partial charge in [0.2, 0.25) is 0 Å². The molecule has 6 nitrogen and oxygen atoms in total. The van der Waals surface area contributed by atoms with E-state index in [9.17, 15) is 9.90 Å². The van der Waals surface area contributed by atoms with E-state index in [1.54, 1.807) is 12.1 Å². The predicted molar refractivity (Wildman–Crippen MR) is 122 cm³/mol. The number of nitrogens with zero attached hydrogens (tertiary/aromatic N) is 3. The largest absolute Gasteiger partial charge is 0.506 e. The van der Waals surface area contributed by atoms with Gasteiger partial charge in [-0.05, 0) is 45.8 Å². The number of phenolic OH excluding ortho intramolecular Hbond substituents is 1. The van der Waals surface area contributed by atoms with Crippen molar-refractivity contribution in [1.29, 1.82) is 0 Å². The van der Waals surface area contributed by atoms with Crippen molar-refractivity contribution in [1.82, 2.24) is 15.2 Å². The number of halogens is 3. The Bertz CT molecular complexity index is 885. The predicted octanol–water partition coefficient (Wildman–Crippen LogP) is 3.84. The molecule has 2 aromatic carbocycles. The highest BCUT2D eigenvalue weighted by molar-refractivity contribution is 9.11. The third kappa shape index (κ3) is 6.79. The van der Waals surface area contributed by atoms with Crippen molar-refractivity contribution in [2.75, 3.05) is 32.7 Å². The zero-order valence-electron chi connectivity index (χ0n) is 15.6. The molecule has 9 heteroatoms. The van der Waals surface area contributed by atoms with Crippen molar-refractivity contribution in [3.05, 3.63) is 61.5 Å². The van der Waals surface area contributed by atoms with Gasteiger partial charge in [0.05, 0.1) is 17.2 Å². The van der Waals surface area contributed by atoms with E-state index in [1.807, 2.05) is 24.3 Å². The molecule has 0 unspecified atom stereocenters. The van der Waals surface area contributed by atoms with Gasteiger partial charge in [-0.25, -0.2) is 5.43 Å². The van der Waals surface area contributed by atoms with Crippen LogP contribution in [0.3, 0.4) is 0 Å². The van der Waals surface area contributed by atoms with Gasteiger partial charge in [-0.15, -0.1) is 0 Å². The maximum atomic E-state index is 12.2. The summed E-state index contributed by atoms with van der Waals surface area (Å²) < 4.78 is 1.35. The summed E-state index contributed by atoms with van der Waals surface area (Å²) in [5.74, 6) is -0.107. The van der Waals surface area contributed by atoms with Gasteiger partial charge >= 0.3 is 0 Å². The molecular weight excluding hydrogens is 524 g/mol. The molecule has 1 heterocycles. The van der Waals surface area contributed by atoms with Crippen molar-refractivity contribution >= 4 is 55.6 Å². The normalized spacial score (nSPS) is 15.7. The number of hydrazone groups is 1. The fraction of sp³-hybridized carbons (Fsp3) is 0.300. The first-order chi connectivity index (χ1) is 13.9. The van der Waals surface area contributed by atoms with E-state index in [2.05, 4.69) is 52.2 Å². The van der Waals surface area contributed by atoms with E-state index >= 15 is 0 Å². The number of carbonyl (C=O) groups is 1. The molecule has 0 saturated carbocycles. The Morgan fingerprint density at radius 3 is 2.48 bits per heavy atom. The molecule has 0 radical (unpaired) electrons. The second kappa shape index (κ2) is 10.5. The smallest absolute Gasteiger partial charge is 0.254 e. The van der Waals surface area contributed by atoms with Crippen LogP contribution in [-0.2, 0) is 11.3 Å². The molecule has 1 amide bonds. The van der Waals surface area contributed by atoms with Crippen LogP contribution in [0.1, 0.15) is 11.1 Å². The highest BCUT2D eigenvalue weighted by Gasteiger charge is 2.19. The fourth-order valence-corrected chi connectivity index (χ4v) is 4.43. The van der Waals surface area contributed by atoms with Crippen LogP contribution in [0.2, 0.25) is 5.02 Å². The molecule has 0 aliphatic carbocycles. The van der Waals surface area contributed by atoms with Crippen molar-refractivity contribution in [3.8, 4) is 5.75 Å². The molecule has 0 bridgehead atoms. The summed E-state index contributed by atoms with van der Waals surface area (Å²) in [6, 6.07) is 11.4.